The molecule has 0 bridgehead atoms. The molecule has 0 spiro atoms. The largest absolute Gasteiger partial charge is 0.418 e. The minimum Gasteiger partial charge on any atom is -0.349 e. The number of fused-ring (bicyclic) bond motifs is 3. The molecule has 5 unspecified atom stereocenters. The van der Waals surface area contributed by atoms with Gasteiger partial charge in [0.1, 0.15) is 0 Å². The predicted molar refractivity (Wildman–Crippen MR) is 131 cm³/mol. The number of carbonyl (C=O) groups is 2. The van der Waals surface area contributed by atoms with Gasteiger partial charge in [-0.15, -0.1) is 0 Å². The molecule has 10 heteroatoms. The van der Waals surface area contributed by atoms with Crippen molar-refractivity contribution in [3.63, 3.8) is 0 Å². The molecule has 38 heavy (non-hydrogen) atoms. The Bertz CT molecular complexity index is 1080. The van der Waals surface area contributed by atoms with E-state index < -0.39 is 41.0 Å². The molecular formula is C28H34F6N2O2. The third-order valence-electron chi connectivity index (χ3n) is 9.12. The summed E-state index contributed by atoms with van der Waals surface area (Å²) >= 11 is 0. The number of hydrogen-bond donors (Lipinski definition) is 2. The van der Waals surface area contributed by atoms with E-state index in [4.69, 9.17) is 0 Å². The van der Waals surface area contributed by atoms with Crippen molar-refractivity contribution in [2.45, 2.75) is 83.6 Å². The Balaban J connectivity index is 1.46. The van der Waals surface area contributed by atoms with Crippen molar-refractivity contribution in [3.05, 3.63) is 41.5 Å². The SMILES string of the molecule is CCC(CCC1CCCC2C1CCC1NC(=O)C=C[C@@]12C)C(=O)Nc1cc(C(F)(F)F)ccc1C(F)(F)F. The molecule has 1 heterocycles. The summed E-state index contributed by atoms with van der Waals surface area (Å²) in [7, 11) is 0. The lowest BCUT2D eigenvalue weighted by molar-refractivity contribution is -0.141. The third-order valence-corrected chi connectivity index (χ3v) is 9.12. The van der Waals surface area contributed by atoms with Crippen LogP contribution in [-0.2, 0) is 21.9 Å². The van der Waals surface area contributed by atoms with Crippen LogP contribution in [0.3, 0.4) is 0 Å². The maximum Gasteiger partial charge on any atom is 0.418 e. The fraction of sp³-hybridized carbons (Fsp3) is 0.643. The van der Waals surface area contributed by atoms with Gasteiger partial charge in [-0.05, 0) is 80.6 Å². The molecule has 6 atom stereocenters. The number of benzene rings is 1. The highest BCUT2D eigenvalue weighted by atomic mass is 19.4. The Morgan fingerprint density at radius 2 is 1.84 bits per heavy atom. The quantitative estimate of drug-likeness (QED) is 0.368. The van der Waals surface area contributed by atoms with Crippen LogP contribution in [0.15, 0.2) is 30.4 Å². The van der Waals surface area contributed by atoms with Crippen LogP contribution in [0.1, 0.15) is 76.3 Å². The zero-order valence-electron chi connectivity index (χ0n) is 21.5. The van der Waals surface area contributed by atoms with Gasteiger partial charge in [0.2, 0.25) is 11.8 Å². The van der Waals surface area contributed by atoms with Crippen LogP contribution in [0.25, 0.3) is 0 Å². The smallest absolute Gasteiger partial charge is 0.349 e. The van der Waals surface area contributed by atoms with Crippen molar-refractivity contribution in [3.8, 4) is 0 Å². The number of hydrogen-bond acceptors (Lipinski definition) is 2. The molecule has 1 aliphatic heterocycles. The zero-order valence-corrected chi connectivity index (χ0v) is 21.5. The number of carbonyl (C=O) groups excluding carboxylic acids is 2. The monoisotopic (exact) mass is 544 g/mol. The lowest BCUT2D eigenvalue weighted by Gasteiger charge is -2.55. The summed E-state index contributed by atoms with van der Waals surface area (Å²) in [5.74, 6) is -0.218. The summed E-state index contributed by atoms with van der Waals surface area (Å²) < 4.78 is 79.9. The van der Waals surface area contributed by atoms with E-state index in [9.17, 15) is 35.9 Å². The van der Waals surface area contributed by atoms with Crippen LogP contribution in [0, 0.1) is 29.1 Å². The first-order valence-corrected chi connectivity index (χ1v) is 13.3. The predicted octanol–water partition coefficient (Wildman–Crippen LogP) is 7.36. The first-order valence-electron chi connectivity index (χ1n) is 13.3. The van der Waals surface area contributed by atoms with Crippen LogP contribution in [0.4, 0.5) is 32.0 Å². The van der Waals surface area contributed by atoms with Gasteiger partial charge in [-0.3, -0.25) is 9.59 Å². The Morgan fingerprint density at radius 3 is 2.50 bits per heavy atom. The molecule has 0 aromatic heterocycles. The molecule has 1 aromatic carbocycles. The Hall–Kier alpha value is -2.52. The Kier molecular flexibility index (Phi) is 7.92. The summed E-state index contributed by atoms with van der Waals surface area (Å²) in [5.41, 5.74) is -3.55. The second-order valence-electron chi connectivity index (χ2n) is 11.2. The van der Waals surface area contributed by atoms with Crippen molar-refractivity contribution in [1.82, 2.24) is 5.32 Å². The second-order valence-corrected chi connectivity index (χ2v) is 11.2. The van der Waals surface area contributed by atoms with Crippen molar-refractivity contribution < 1.29 is 35.9 Å². The maximum atomic E-state index is 13.5. The molecule has 0 radical (unpaired) electrons. The van der Waals surface area contributed by atoms with Gasteiger partial charge in [0.25, 0.3) is 0 Å². The molecule has 2 N–H and O–H groups in total. The molecule has 210 valence electrons. The normalized spacial score (nSPS) is 30.2. The highest BCUT2D eigenvalue weighted by molar-refractivity contribution is 5.93. The fourth-order valence-electron chi connectivity index (χ4n) is 7.04. The summed E-state index contributed by atoms with van der Waals surface area (Å²) in [4.78, 5) is 24.9. The number of amides is 2. The minimum atomic E-state index is -4.91. The molecule has 2 aliphatic carbocycles. The van der Waals surface area contributed by atoms with E-state index in [1.165, 1.54) is 0 Å². The number of alkyl halides is 6. The van der Waals surface area contributed by atoms with Crippen LogP contribution in [-0.4, -0.2) is 17.9 Å². The van der Waals surface area contributed by atoms with Gasteiger partial charge in [0.05, 0.1) is 16.8 Å². The molecule has 2 fully saturated rings. The van der Waals surface area contributed by atoms with E-state index in [0.29, 0.717) is 48.8 Å². The average Bonchev–Trinajstić information content (AvgIpc) is 2.83. The maximum absolute atomic E-state index is 13.5. The minimum absolute atomic E-state index is 0.0652. The van der Waals surface area contributed by atoms with Gasteiger partial charge in [-0.25, -0.2) is 0 Å². The first kappa shape index (κ1) is 28.5. The van der Waals surface area contributed by atoms with Crippen molar-refractivity contribution >= 4 is 17.5 Å². The summed E-state index contributed by atoms with van der Waals surface area (Å²) in [6.45, 7) is 3.95. The first-order chi connectivity index (χ1) is 17.7. The summed E-state index contributed by atoms with van der Waals surface area (Å²) in [6, 6.07) is 1.19. The molecule has 4 nitrogen and oxygen atoms in total. The number of nitrogens with one attached hydrogen (secondary N) is 2. The van der Waals surface area contributed by atoms with Crippen LogP contribution in [0.2, 0.25) is 0 Å². The number of anilines is 1. The number of halogens is 6. The lowest BCUT2D eigenvalue weighted by Crippen LogP contribution is -2.57. The van der Waals surface area contributed by atoms with Crippen LogP contribution < -0.4 is 10.6 Å². The van der Waals surface area contributed by atoms with E-state index >= 15 is 0 Å². The van der Waals surface area contributed by atoms with Crippen LogP contribution >= 0.6 is 0 Å². The topological polar surface area (TPSA) is 58.2 Å². The molecule has 0 saturated heterocycles. The van der Waals surface area contributed by atoms with Gasteiger partial charge in [0.15, 0.2) is 0 Å². The van der Waals surface area contributed by atoms with Gasteiger partial charge in [0, 0.05) is 17.4 Å². The van der Waals surface area contributed by atoms with Crippen molar-refractivity contribution in [1.29, 1.82) is 0 Å². The second kappa shape index (κ2) is 10.6. The van der Waals surface area contributed by atoms with E-state index in [2.05, 4.69) is 17.6 Å². The van der Waals surface area contributed by atoms with E-state index in [1.807, 2.05) is 6.08 Å². The molecular weight excluding hydrogens is 510 g/mol. The summed E-state index contributed by atoms with van der Waals surface area (Å²) in [6.07, 6.45) is 0.369. The highest BCUT2D eigenvalue weighted by Gasteiger charge is 2.51. The highest BCUT2D eigenvalue weighted by Crippen LogP contribution is 2.55. The number of rotatable bonds is 6. The molecule has 1 aromatic rings. The van der Waals surface area contributed by atoms with Crippen LogP contribution in [0.5, 0.6) is 0 Å². The summed E-state index contributed by atoms with van der Waals surface area (Å²) in [5, 5.41) is 5.27. The van der Waals surface area contributed by atoms with Gasteiger partial charge in [-0.2, -0.15) is 26.3 Å². The van der Waals surface area contributed by atoms with E-state index in [0.717, 1.165) is 38.5 Å². The molecule has 4 rings (SSSR count). The Labute approximate surface area is 218 Å². The van der Waals surface area contributed by atoms with Gasteiger partial charge < -0.3 is 10.6 Å². The van der Waals surface area contributed by atoms with Gasteiger partial charge >= 0.3 is 12.4 Å². The molecule has 2 amide bonds. The van der Waals surface area contributed by atoms with Crippen molar-refractivity contribution in [2.75, 3.05) is 5.32 Å². The zero-order chi connectivity index (χ0) is 27.9. The van der Waals surface area contributed by atoms with E-state index in [1.54, 1.807) is 13.0 Å². The average molecular weight is 545 g/mol. The Morgan fingerprint density at radius 1 is 1.11 bits per heavy atom. The third kappa shape index (κ3) is 5.73. The van der Waals surface area contributed by atoms with Gasteiger partial charge in [-0.1, -0.05) is 32.8 Å². The lowest BCUT2D eigenvalue weighted by atomic mass is 9.52. The fourth-order valence-corrected chi connectivity index (χ4v) is 7.04. The van der Waals surface area contributed by atoms with E-state index in [-0.39, 0.29) is 17.4 Å². The van der Waals surface area contributed by atoms with Crippen molar-refractivity contribution in [2.24, 2.45) is 29.1 Å². The molecule has 3 aliphatic rings. The standard InChI is InChI=1S/C28H34F6N2O2/c1-3-16(25(38)35-22-15-18(27(29,30)31)9-11-21(22)28(32,33)34)7-8-17-5-4-6-20-19(17)10-12-23-26(20,2)14-13-24(37)36-23/h9,11,13-17,19-20,23H,3-8,10,12H2,1-2H3,(H,35,38)(H,36,37)/t16?,17?,19?,20?,23?,26-/m1/s1. The molecule has 2 saturated carbocycles.